The maximum absolute atomic E-state index is 13.1. The van der Waals surface area contributed by atoms with Crippen molar-refractivity contribution in [3.05, 3.63) is 49.1 Å². The molecule has 2 aromatic carbocycles. The van der Waals surface area contributed by atoms with Gasteiger partial charge in [-0.2, -0.15) is 0 Å². The van der Waals surface area contributed by atoms with Gasteiger partial charge in [-0.05, 0) is 0 Å². The van der Waals surface area contributed by atoms with Crippen LogP contribution >= 0.6 is 20.2 Å². The second-order valence-electron chi connectivity index (χ2n) is 10.1. The van der Waals surface area contributed by atoms with Gasteiger partial charge in [0.25, 0.3) is 0 Å². The quantitative estimate of drug-likeness (QED) is 0.415. The normalized spacial score (nSPS) is 23.9. The number of carbonyl (C=O) groups excluding carboxylic acids is 1. The van der Waals surface area contributed by atoms with Gasteiger partial charge in [0.15, 0.2) is 0 Å². The molecule has 2 heterocycles. The fourth-order valence-electron chi connectivity index (χ4n) is 5.07. The molecule has 1 saturated heterocycles. The number of benzene rings is 2. The standard InChI is InChI=1S/C26H32INO4/c1-15(2)30-17-10-11-20(23(12-17)31-16(3)4)27-21-8-7-9-22(24(21)25(29)32-27)28-13-18-19(14-28)26(18,5)6/h7-12,15-16,18-19H,13-14H2,1-6H3. The van der Waals surface area contributed by atoms with Crippen LogP contribution < -0.4 is 14.4 Å². The third-order valence-electron chi connectivity index (χ3n) is 6.81. The van der Waals surface area contributed by atoms with Gasteiger partial charge in [-0.1, -0.05) is 0 Å². The van der Waals surface area contributed by atoms with Gasteiger partial charge in [0.2, 0.25) is 0 Å². The Morgan fingerprint density at radius 2 is 1.69 bits per heavy atom. The van der Waals surface area contributed by atoms with Gasteiger partial charge in [0.05, 0.1) is 0 Å². The molecule has 2 aromatic rings. The molecule has 6 heteroatoms. The zero-order valence-electron chi connectivity index (χ0n) is 19.6. The molecule has 2 atom stereocenters. The molecule has 0 N–H and O–H groups in total. The Kier molecular flexibility index (Phi) is 5.34. The van der Waals surface area contributed by atoms with E-state index in [0.717, 1.165) is 54.8 Å². The van der Waals surface area contributed by atoms with Gasteiger partial charge in [-0.15, -0.1) is 0 Å². The second kappa shape index (κ2) is 7.82. The summed E-state index contributed by atoms with van der Waals surface area (Å²) >= 11 is -2.43. The van der Waals surface area contributed by atoms with Crippen LogP contribution in [0.1, 0.15) is 51.9 Å². The van der Waals surface area contributed by atoms with Gasteiger partial charge in [0.1, 0.15) is 0 Å². The predicted octanol–water partition coefficient (Wildman–Crippen LogP) is 5.98. The van der Waals surface area contributed by atoms with Crippen LogP contribution in [0.5, 0.6) is 11.5 Å². The van der Waals surface area contributed by atoms with Crippen LogP contribution in [0.15, 0.2) is 36.4 Å². The van der Waals surface area contributed by atoms with E-state index in [-0.39, 0.29) is 18.2 Å². The van der Waals surface area contributed by atoms with Gasteiger partial charge in [-0.3, -0.25) is 0 Å². The zero-order chi connectivity index (χ0) is 22.8. The first-order valence-corrected chi connectivity index (χ1v) is 14.5. The zero-order valence-corrected chi connectivity index (χ0v) is 21.8. The first kappa shape index (κ1) is 21.9. The summed E-state index contributed by atoms with van der Waals surface area (Å²) in [6.07, 6.45) is 0.0958. The molecule has 5 rings (SSSR count). The average molecular weight is 549 g/mol. The van der Waals surface area contributed by atoms with E-state index in [1.165, 1.54) is 0 Å². The van der Waals surface area contributed by atoms with E-state index in [2.05, 4.69) is 36.9 Å². The molecular weight excluding hydrogens is 517 g/mol. The van der Waals surface area contributed by atoms with E-state index >= 15 is 0 Å². The number of hydrogen-bond donors (Lipinski definition) is 0. The molecule has 2 aliphatic heterocycles. The first-order valence-electron chi connectivity index (χ1n) is 11.4. The third-order valence-corrected chi connectivity index (χ3v) is 11.6. The van der Waals surface area contributed by atoms with Crippen molar-refractivity contribution in [2.24, 2.45) is 17.3 Å². The molecule has 1 aliphatic carbocycles. The van der Waals surface area contributed by atoms with Crippen LogP contribution in [-0.4, -0.2) is 31.3 Å². The second-order valence-corrected chi connectivity index (χ2v) is 14.3. The minimum atomic E-state index is -2.43. The fourth-order valence-corrected chi connectivity index (χ4v) is 9.58. The van der Waals surface area contributed by atoms with Crippen molar-refractivity contribution in [2.45, 2.75) is 53.8 Å². The summed E-state index contributed by atoms with van der Waals surface area (Å²) in [5.74, 6) is 2.81. The van der Waals surface area contributed by atoms with E-state index in [1.54, 1.807) is 0 Å². The molecule has 0 amide bonds. The third kappa shape index (κ3) is 3.64. The molecule has 0 aromatic heterocycles. The number of hydrogen-bond acceptors (Lipinski definition) is 5. The van der Waals surface area contributed by atoms with Crippen molar-refractivity contribution in [1.29, 1.82) is 0 Å². The number of fused-ring (bicyclic) bond motifs is 2. The van der Waals surface area contributed by atoms with E-state index < -0.39 is 20.2 Å². The van der Waals surface area contributed by atoms with E-state index in [9.17, 15) is 4.79 Å². The topological polar surface area (TPSA) is 48.0 Å². The Morgan fingerprint density at radius 1 is 1.00 bits per heavy atom. The van der Waals surface area contributed by atoms with Crippen molar-refractivity contribution in [2.75, 3.05) is 18.0 Å². The van der Waals surface area contributed by atoms with Crippen LogP contribution in [0.2, 0.25) is 0 Å². The Morgan fingerprint density at radius 3 is 2.34 bits per heavy atom. The van der Waals surface area contributed by atoms with Crippen molar-refractivity contribution in [1.82, 2.24) is 0 Å². The van der Waals surface area contributed by atoms with E-state index in [4.69, 9.17) is 12.5 Å². The summed E-state index contributed by atoms with van der Waals surface area (Å²) in [5, 5.41) is 0. The molecular formula is C26H32INO4. The summed E-state index contributed by atoms with van der Waals surface area (Å²) < 4.78 is 20.2. The number of halogens is 1. The molecule has 0 spiro atoms. The molecule has 32 heavy (non-hydrogen) atoms. The average Bonchev–Trinajstić information content (AvgIpc) is 3.09. The van der Waals surface area contributed by atoms with Gasteiger partial charge in [-0.25, -0.2) is 0 Å². The number of ether oxygens (including phenoxy) is 2. The molecule has 2 fully saturated rings. The van der Waals surface area contributed by atoms with Gasteiger partial charge < -0.3 is 0 Å². The van der Waals surface area contributed by atoms with Crippen LogP contribution in [0.4, 0.5) is 5.69 Å². The summed E-state index contributed by atoms with van der Waals surface area (Å²) in [6, 6.07) is 12.2. The maximum atomic E-state index is 13.1. The SMILES string of the molecule is CC(C)Oc1ccc(I2OC(=O)c3c(N4CC5C(C4)C5(C)C)cccc32)c(OC(C)C)c1. The summed E-state index contributed by atoms with van der Waals surface area (Å²) in [4.78, 5) is 15.5. The summed E-state index contributed by atoms with van der Waals surface area (Å²) in [5.41, 5.74) is 2.26. The number of nitrogens with zero attached hydrogens (tertiary/aromatic N) is 1. The Bertz CT molecular complexity index is 1050. The van der Waals surface area contributed by atoms with Crippen molar-refractivity contribution < 1.29 is 17.3 Å². The molecule has 1 saturated carbocycles. The summed E-state index contributed by atoms with van der Waals surface area (Å²) in [7, 11) is 0. The predicted molar refractivity (Wildman–Crippen MR) is 134 cm³/mol. The number of rotatable bonds is 6. The number of anilines is 1. The van der Waals surface area contributed by atoms with Crippen molar-refractivity contribution in [3.8, 4) is 11.5 Å². The van der Waals surface area contributed by atoms with E-state index in [0.29, 0.717) is 5.41 Å². The number of carbonyl (C=O) groups is 1. The summed E-state index contributed by atoms with van der Waals surface area (Å²) in [6.45, 7) is 14.8. The monoisotopic (exact) mass is 549 g/mol. The van der Waals surface area contributed by atoms with Crippen LogP contribution in [-0.2, 0) is 3.07 Å². The molecule has 5 nitrogen and oxygen atoms in total. The van der Waals surface area contributed by atoms with E-state index in [1.807, 2.05) is 45.9 Å². The molecule has 2 unspecified atom stereocenters. The van der Waals surface area contributed by atoms with Crippen LogP contribution in [0, 0.1) is 24.4 Å². The first-order chi connectivity index (χ1) is 15.2. The number of piperidine rings is 1. The molecule has 3 aliphatic rings. The minimum absolute atomic E-state index is 0.0164. The van der Waals surface area contributed by atoms with Crippen LogP contribution in [0.25, 0.3) is 0 Å². The van der Waals surface area contributed by atoms with Gasteiger partial charge >= 0.3 is 199 Å². The Hall–Kier alpha value is -1.96. The van der Waals surface area contributed by atoms with Crippen LogP contribution in [0.3, 0.4) is 0 Å². The molecule has 172 valence electrons. The van der Waals surface area contributed by atoms with Gasteiger partial charge in [0, 0.05) is 0 Å². The Labute approximate surface area is 198 Å². The Balaban J connectivity index is 1.50. The van der Waals surface area contributed by atoms with Crippen molar-refractivity contribution >= 4 is 31.9 Å². The molecule has 0 bridgehead atoms. The molecule has 0 radical (unpaired) electrons. The fraction of sp³-hybridized carbons (Fsp3) is 0.500. The van der Waals surface area contributed by atoms with Crippen molar-refractivity contribution in [3.63, 3.8) is 0 Å².